The molecule has 0 aliphatic heterocycles. The molecule has 6 heteroatoms. The second-order valence-electron chi connectivity index (χ2n) is 4.51. The van der Waals surface area contributed by atoms with Crippen LogP contribution in [0, 0.1) is 17.5 Å². The molecule has 0 atom stereocenters. The molecule has 0 unspecified atom stereocenters. The molecule has 0 radical (unpaired) electrons. The SMILES string of the molecule is NC(=S)c1ccc(NCCc2cc(F)cc(F)c2)cc1F. The molecule has 2 rings (SSSR count). The normalized spacial score (nSPS) is 10.4. The van der Waals surface area contributed by atoms with Gasteiger partial charge in [0.25, 0.3) is 0 Å². The zero-order valence-electron chi connectivity index (χ0n) is 11.0. The van der Waals surface area contributed by atoms with E-state index in [4.69, 9.17) is 18.0 Å². The molecular weight excluding hydrogens is 297 g/mol. The van der Waals surface area contributed by atoms with Crippen molar-refractivity contribution in [3.05, 3.63) is 65.0 Å². The molecule has 0 heterocycles. The molecule has 0 spiro atoms. The van der Waals surface area contributed by atoms with E-state index in [1.807, 2.05) is 0 Å². The lowest BCUT2D eigenvalue weighted by atomic mass is 10.1. The van der Waals surface area contributed by atoms with Gasteiger partial charge >= 0.3 is 0 Å². The monoisotopic (exact) mass is 310 g/mol. The molecule has 0 saturated carbocycles. The first-order valence-electron chi connectivity index (χ1n) is 6.24. The number of nitrogens with one attached hydrogen (secondary N) is 1. The fourth-order valence-electron chi connectivity index (χ4n) is 1.93. The van der Waals surface area contributed by atoms with Gasteiger partial charge in [-0.25, -0.2) is 13.2 Å². The number of rotatable bonds is 5. The molecule has 2 nitrogen and oxygen atoms in total. The average molecular weight is 310 g/mol. The zero-order chi connectivity index (χ0) is 15.4. The lowest BCUT2D eigenvalue weighted by molar-refractivity contribution is 0.580. The van der Waals surface area contributed by atoms with Crippen molar-refractivity contribution in [3.8, 4) is 0 Å². The summed E-state index contributed by atoms with van der Waals surface area (Å²) in [4.78, 5) is -0.00529. The molecule has 0 amide bonds. The summed E-state index contributed by atoms with van der Waals surface area (Å²) >= 11 is 4.71. The van der Waals surface area contributed by atoms with Gasteiger partial charge in [-0.2, -0.15) is 0 Å². The van der Waals surface area contributed by atoms with E-state index in [0.717, 1.165) is 6.07 Å². The second-order valence-corrected chi connectivity index (χ2v) is 4.95. The minimum Gasteiger partial charge on any atom is -0.389 e. The van der Waals surface area contributed by atoms with E-state index in [1.165, 1.54) is 24.3 Å². The standard InChI is InChI=1S/C15H13F3N2S/c16-10-5-9(6-11(17)7-10)3-4-20-12-1-2-13(15(19)21)14(18)8-12/h1-2,5-8,20H,3-4H2,(H2,19,21). The molecule has 2 aromatic rings. The minimum atomic E-state index is -0.614. The van der Waals surface area contributed by atoms with Gasteiger partial charge in [0.05, 0.1) is 0 Å². The maximum absolute atomic E-state index is 13.7. The van der Waals surface area contributed by atoms with Crippen LogP contribution < -0.4 is 11.1 Å². The Balaban J connectivity index is 1.97. The molecule has 21 heavy (non-hydrogen) atoms. The molecule has 0 saturated heterocycles. The number of anilines is 1. The van der Waals surface area contributed by atoms with E-state index in [0.29, 0.717) is 24.2 Å². The number of halogens is 3. The largest absolute Gasteiger partial charge is 0.389 e. The lowest BCUT2D eigenvalue weighted by Crippen LogP contribution is -2.12. The highest BCUT2D eigenvalue weighted by Crippen LogP contribution is 2.15. The van der Waals surface area contributed by atoms with Crippen LogP contribution in [0.1, 0.15) is 11.1 Å². The van der Waals surface area contributed by atoms with Crippen LogP contribution in [0.3, 0.4) is 0 Å². The highest BCUT2D eigenvalue weighted by Gasteiger charge is 2.06. The van der Waals surface area contributed by atoms with Crippen molar-refractivity contribution in [2.24, 2.45) is 5.73 Å². The maximum Gasteiger partial charge on any atom is 0.135 e. The Morgan fingerprint density at radius 2 is 1.71 bits per heavy atom. The fraction of sp³-hybridized carbons (Fsp3) is 0.133. The van der Waals surface area contributed by atoms with Crippen LogP contribution in [0.4, 0.5) is 18.9 Å². The van der Waals surface area contributed by atoms with Gasteiger partial charge in [-0.15, -0.1) is 0 Å². The van der Waals surface area contributed by atoms with Crippen molar-refractivity contribution in [2.45, 2.75) is 6.42 Å². The lowest BCUT2D eigenvalue weighted by Gasteiger charge is -2.08. The number of benzene rings is 2. The Bertz CT molecular complexity index is 654. The predicted molar refractivity (Wildman–Crippen MR) is 80.8 cm³/mol. The van der Waals surface area contributed by atoms with Gasteiger partial charge in [-0.05, 0) is 42.3 Å². The summed E-state index contributed by atoms with van der Waals surface area (Å²) in [6.07, 6.45) is 0.410. The summed E-state index contributed by atoms with van der Waals surface area (Å²) in [5.41, 5.74) is 6.63. The quantitative estimate of drug-likeness (QED) is 0.831. The first-order chi connectivity index (χ1) is 9.95. The Kier molecular flexibility index (Phi) is 4.80. The van der Waals surface area contributed by atoms with Crippen molar-refractivity contribution in [1.29, 1.82) is 0 Å². The van der Waals surface area contributed by atoms with Gasteiger partial charge < -0.3 is 11.1 Å². The first kappa shape index (κ1) is 15.3. The van der Waals surface area contributed by atoms with Crippen LogP contribution in [0.2, 0.25) is 0 Å². The smallest absolute Gasteiger partial charge is 0.135 e. The van der Waals surface area contributed by atoms with Gasteiger partial charge in [0.1, 0.15) is 22.4 Å². The predicted octanol–water partition coefficient (Wildman–Crippen LogP) is 3.39. The zero-order valence-corrected chi connectivity index (χ0v) is 11.8. The van der Waals surface area contributed by atoms with E-state index in [-0.39, 0.29) is 10.6 Å². The molecule has 2 aromatic carbocycles. The molecule has 0 aliphatic rings. The molecule has 0 fully saturated rings. The molecule has 110 valence electrons. The summed E-state index contributed by atoms with van der Waals surface area (Å²) in [5.74, 6) is -1.74. The van der Waals surface area contributed by atoms with Crippen molar-refractivity contribution in [2.75, 3.05) is 11.9 Å². The number of hydrogen-bond donors (Lipinski definition) is 2. The maximum atomic E-state index is 13.7. The molecule has 0 aromatic heterocycles. The Hall–Kier alpha value is -2.08. The molecule has 3 N–H and O–H groups in total. The third-order valence-corrected chi connectivity index (χ3v) is 3.12. The van der Waals surface area contributed by atoms with Crippen molar-refractivity contribution in [1.82, 2.24) is 0 Å². The van der Waals surface area contributed by atoms with E-state index < -0.39 is 17.5 Å². The summed E-state index contributed by atoms with van der Waals surface area (Å²) in [5, 5.41) is 2.97. The van der Waals surface area contributed by atoms with Crippen molar-refractivity contribution in [3.63, 3.8) is 0 Å². The van der Waals surface area contributed by atoms with Gasteiger partial charge in [-0.1, -0.05) is 12.2 Å². The number of nitrogens with two attached hydrogens (primary N) is 1. The van der Waals surface area contributed by atoms with Crippen molar-refractivity contribution < 1.29 is 13.2 Å². The summed E-state index contributed by atoms with van der Waals surface area (Å²) in [7, 11) is 0. The fourth-order valence-corrected chi connectivity index (χ4v) is 2.10. The minimum absolute atomic E-state index is 0.00529. The number of thiocarbonyl (C=S) groups is 1. The molecular formula is C15H13F3N2S. The Morgan fingerprint density at radius 1 is 1.05 bits per heavy atom. The third-order valence-electron chi connectivity index (χ3n) is 2.90. The van der Waals surface area contributed by atoms with Gasteiger partial charge in [0.15, 0.2) is 0 Å². The number of hydrogen-bond acceptors (Lipinski definition) is 2. The summed E-state index contributed by atoms with van der Waals surface area (Å²) < 4.78 is 39.7. The summed E-state index contributed by atoms with van der Waals surface area (Å²) in [6.45, 7) is 0.411. The van der Waals surface area contributed by atoms with Crippen molar-refractivity contribution >= 4 is 22.9 Å². The second kappa shape index (κ2) is 6.58. The van der Waals surface area contributed by atoms with E-state index in [1.54, 1.807) is 6.07 Å². The van der Waals surface area contributed by atoms with Crippen LogP contribution in [-0.2, 0) is 6.42 Å². The van der Waals surface area contributed by atoms with Crippen LogP contribution in [-0.4, -0.2) is 11.5 Å². The Labute approximate surface area is 125 Å². The van der Waals surface area contributed by atoms with E-state index in [2.05, 4.69) is 5.32 Å². The van der Waals surface area contributed by atoms with Gasteiger partial charge in [0, 0.05) is 23.9 Å². The molecule has 0 bridgehead atoms. The van der Waals surface area contributed by atoms with Crippen LogP contribution >= 0.6 is 12.2 Å². The summed E-state index contributed by atoms with van der Waals surface area (Å²) in [6, 6.07) is 7.76. The van der Waals surface area contributed by atoms with E-state index in [9.17, 15) is 13.2 Å². The van der Waals surface area contributed by atoms with E-state index >= 15 is 0 Å². The van der Waals surface area contributed by atoms with Gasteiger partial charge in [-0.3, -0.25) is 0 Å². The Morgan fingerprint density at radius 3 is 2.29 bits per heavy atom. The average Bonchev–Trinajstić information content (AvgIpc) is 2.37. The third kappa shape index (κ3) is 4.19. The van der Waals surface area contributed by atoms with Crippen LogP contribution in [0.25, 0.3) is 0 Å². The topological polar surface area (TPSA) is 38.0 Å². The molecule has 0 aliphatic carbocycles. The highest BCUT2D eigenvalue weighted by molar-refractivity contribution is 7.80. The highest BCUT2D eigenvalue weighted by atomic mass is 32.1. The first-order valence-corrected chi connectivity index (χ1v) is 6.65. The van der Waals surface area contributed by atoms with Crippen LogP contribution in [0.15, 0.2) is 36.4 Å². The van der Waals surface area contributed by atoms with Gasteiger partial charge in [0.2, 0.25) is 0 Å². The van der Waals surface area contributed by atoms with Crippen LogP contribution in [0.5, 0.6) is 0 Å².